The van der Waals surface area contributed by atoms with Gasteiger partial charge >= 0.3 is 11.7 Å². The zero-order chi connectivity index (χ0) is 23.1. The number of imidazole rings is 1. The first-order valence-corrected chi connectivity index (χ1v) is 10.2. The summed E-state index contributed by atoms with van der Waals surface area (Å²) in [6.45, 7) is 0. The third kappa shape index (κ3) is 3.49. The highest BCUT2D eigenvalue weighted by Gasteiger charge is 2.17. The van der Waals surface area contributed by atoms with Crippen molar-refractivity contribution in [2.75, 3.05) is 12.4 Å². The number of carbonyl (C=O) groups excluding carboxylic acids is 1. The maximum atomic E-state index is 14.0. The van der Waals surface area contributed by atoms with Gasteiger partial charge in [-0.3, -0.25) is 19.4 Å². The summed E-state index contributed by atoms with van der Waals surface area (Å²) >= 11 is 0. The molecule has 0 saturated heterocycles. The number of fused-ring (bicyclic) bond motifs is 3. The maximum Gasteiger partial charge on any atom is 0.333 e. The monoisotopic (exact) mass is 442 g/mol. The topological polar surface area (TPSA) is 93.8 Å². The van der Waals surface area contributed by atoms with Crippen LogP contribution in [0, 0.1) is 5.82 Å². The van der Waals surface area contributed by atoms with Crippen LogP contribution in [-0.2, 0) is 7.05 Å². The Labute approximate surface area is 187 Å². The highest BCUT2D eigenvalue weighted by molar-refractivity contribution is 6.04. The zero-order valence-electron chi connectivity index (χ0n) is 17.8. The molecule has 33 heavy (non-hydrogen) atoms. The summed E-state index contributed by atoms with van der Waals surface area (Å²) in [7, 11) is 3.19. The Hall–Kier alpha value is -4.53. The molecule has 2 aromatic carbocycles. The average molecular weight is 442 g/mol. The van der Waals surface area contributed by atoms with Crippen LogP contribution >= 0.6 is 0 Å². The number of amides is 2. The zero-order valence-corrected chi connectivity index (χ0v) is 17.8. The summed E-state index contributed by atoms with van der Waals surface area (Å²) < 4.78 is 17.0. The first-order chi connectivity index (χ1) is 16.0. The van der Waals surface area contributed by atoms with Crippen LogP contribution in [0.5, 0.6) is 0 Å². The molecule has 5 aromatic rings. The minimum Gasteiger partial charge on any atom is -0.341 e. The normalized spacial score (nSPS) is 11.1. The summed E-state index contributed by atoms with van der Waals surface area (Å²) in [6, 6.07) is 14.9. The van der Waals surface area contributed by atoms with Crippen LogP contribution in [0.1, 0.15) is 0 Å². The molecule has 0 spiro atoms. The number of rotatable bonds is 3. The molecule has 164 valence electrons. The minimum absolute atomic E-state index is 0.290. The van der Waals surface area contributed by atoms with Crippen LogP contribution in [0.15, 0.2) is 71.8 Å². The lowest BCUT2D eigenvalue weighted by molar-refractivity contribution is 0.254. The van der Waals surface area contributed by atoms with Gasteiger partial charge in [0, 0.05) is 31.2 Å². The molecule has 8 nitrogen and oxygen atoms in total. The van der Waals surface area contributed by atoms with E-state index < -0.39 is 5.82 Å². The van der Waals surface area contributed by atoms with Crippen molar-refractivity contribution in [2.24, 2.45) is 7.05 Å². The number of pyridine rings is 2. The average Bonchev–Trinajstić information content (AvgIpc) is 3.09. The second kappa shape index (κ2) is 7.86. The molecule has 0 saturated carbocycles. The predicted octanol–water partition coefficient (Wildman–Crippen LogP) is 3.83. The van der Waals surface area contributed by atoms with E-state index >= 15 is 0 Å². The van der Waals surface area contributed by atoms with Crippen molar-refractivity contribution >= 4 is 33.8 Å². The van der Waals surface area contributed by atoms with Crippen molar-refractivity contribution in [1.82, 2.24) is 24.4 Å². The van der Waals surface area contributed by atoms with E-state index in [1.807, 2.05) is 24.3 Å². The Morgan fingerprint density at radius 1 is 1.00 bits per heavy atom. The van der Waals surface area contributed by atoms with E-state index in [0.29, 0.717) is 28.1 Å². The van der Waals surface area contributed by atoms with Crippen LogP contribution in [0.2, 0.25) is 0 Å². The van der Waals surface area contributed by atoms with Gasteiger partial charge in [0.15, 0.2) is 0 Å². The molecule has 0 aliphatic carbocycles. The molecule has 3 heterocycles. The molecular formula is C24H19FN6O2. The van der Waals surface area contributed by atoms with E-state index in [1.54, 1.807) is 37.6 Å². The van der Waals surface area contributed by atoms with Crippen molar-refractivity contribution in [3.05, 3.63) is 83.3 Å². The Morgan fingerprint density at radius 3 is 2.55 bits per heavy atom. The second-order valence-corrected chi connectivity index (χ2v) is 7.52. The van der Waals surface area contributed by atoms with Gasteiger partial charge in [-0.15, -0.1) is 0 Å². The number of urea groups is 1. The SMILES string of the molecule is CNC(=O)Nc1ccc(-c2ccc3ncc4c(c3c2)n(-c2cccc(F)c2)c(=O)n4C)cn1. The van der Waals surface area contributed by atoms with E-state index in [2.05, 4.69) is 20.6 Å². The van der Waals surface area contributed by atoms with Crippen LogP contribution in [0.25, 0.3) is 38.8 Å². The standard InChI is InChI=1S/C24H19FN6O2/c1-26-23(32)29-21-9-7-15(12-28-21)14-6-8-19-18(10-14)22-20(13-27-19)30(2)24(33)31(22)17-5-3-4-16(25)11-17/h3-13H,1-2H3,(H2,26,28,29,32). The Balaban J connectivity index is 1.70. The minimum atomic E-state index is -0.424. The van der Waals surface area contributed by atoms with Gasteiger partial charge < -0.3 is 5.32 Å². The fourth-order valence-corrected chi connectivity index (χ4v) is 3.85. The lowest BCUT2D eigenvalue weighted by Gasteiger charge is -2.09. The lowest BCUT2D eigenvalue weighted by Crippen LogP contribution is -2.24. The quantitative estimate of drug-likeness (QED) is 0.444. The first kappa shape index (κ1) is 20.4. The Kier molecular flexibility index (Phi) is 4.86. The molecule has 3 aromatic heterocycles. The molecule has 5 rings (SSSR count). The number of anilines is 1. The predicted molar refractivity (Wildman–Crippen MR) is 125 cm³/mol. The number of hydrogen-bond donors (Lipinski definition) is 2. The number of nitrogens with zero attached hydrogens (tertiary/aromatic N) is 4. The lowest BCUT2D eigenvalue weighted by atomic mass is 10.0. The molecule has 0 bridgehead atoms. The number of aryl methyl sites for hydroxylation is 1. The third-order valence-corrected chi connectivity index (χ3v) is 5.52. The van der Waals surface area contributed by atoms with Crippen LogP contribution in [0.4, 0.5) is 15.0 Å². The van der Waals surface area contributed by atoms with E-state index in [4.69, 9.17) is 0 Å². The highest BCUT2D eigenvalue weighted by Crippen LogP contribution is 2.30. The summed E-state index contributed by atoms with van der Waals surface area (Å²) in [6.07, 6.45) is 3.31. The van der Waals surface area contributed by atoms with Crippen LogP contribution < -0.4 is 16.3 Å². The summed E-state index contributed by atoms with van der Waals surface area (Å²) in [5.74, 6) is -0.00192. The summed E-state index contributed by atoms with van der Waals surface area (Å²) in [4.78, 5) is 33.4. The van der Waals surface area contributed by atoms with Crippen LogP contribution in [0.3, 0.4) is 0 Å². The number of halogens is 1. The molecule has 0 atom stereocenters. The van der Waals surface area contributed by atoms with E-state index in [9.17, 15) is 14.0 Å². The number of aromatic nitrogens is 4. The van der Waals surface area contributed by atoms with Gasteiger partial charge in [-0.25, -0.2) is 19.0 Å². The molecule has 0 aliphatic heterocycles. The summed E-state index contributed by atoms with van der Waals surface area (Å²) in [5.41, 5.74) is 3.82. The molecular weight excluding hydrogens is 423 g/mol. The van der Waals surface area contributed by atoms with Gasteiger partial charge in [-0.1, -0.05) is 12.1 Å². The molecule has 2 N–H and O–H groups in total. The maximum absolute atomic E-state index is 14.0. The van der Waals surface area contributed by atoms with Gasteiger partial charge in [0.1, 0.15) is 11.6 Å². The molecule has 0 radical (unpaired) electrons. The first-order valence-electron chi connectivity index (χ1n) is 10.2. The molecule has 0 aliphatic rings. The second-order valence-electron chi connectivity index (χ2n) is 7.52. The van der Waals surface area contributed by atoms with E-state index in [0.717, 1.165) is 16.5 Å². The molecule has 0 unspecified atom stereocenters. The molecule has 0 fully saturated rings. The van der Waals surface area contributed by atoms with Crippen molar-refractivity contribution in [3.8, 4) is 16.8 Å². The smallest absolute Gasteiger partial charge is 0.333 e. The fourth-order valence-electron chi connectivity index (χ4n) is 3.85. The van der Waals surface area contributed by atoms with Crippen LogP contribution in [-0.4, -0.2) is 32.2 Å². The fraction of sp³-hybridized carbons (Fsp3) is 0.0833. The van der Waals surface area contributed by atoms with Crippen molar-refractivity contribution in [3.63, 3.8) is 0 Å². The van der Waals surface area contributed by atoms with Gasteiger partial charge in [-0.2, -0.15) is 0 Å². The highest BCUT2D eigenvalue weighted by atomic mass is 19.1. The van der Waals surface area contributed by atoms with E-state index in [1.165, 1.54) is 28.3 Å². The number of carbonyl (C=O) groups is 1. The van der Waals surface area contributed by atoms with Crippen molar-refractivity contribution in [2.45, 2.75) is 0 Å². The largest absolute Gasteiger partial charge is 0.341 e. The molecule has 9 heteroatoms. The third-order valence-electron chi connectivity index (χ3n) is 5.52. The van der Waals surface area contributed by atoms with E-state index in [-0.39, 0.29) is 11.7 Å². The van der Waals surface area contributed by atoms with Gasteiger partial charge in [0.25, 0.3) is 0 Å². The van der Waals surface area contributed by atoms with Crippen molar-refractivity contribution < 1.29 is 9.18 Å². The summed E-state index contributed by atoms with van der Waals surface area (Å²) in [5, 5.41) is 5.85. The number of benzene rings is 2. The number of hydrogen-bond acceptors (Lipinski definition) is 4. The van der Waals surface area contributed by atoms with Crippen molar-refractivity contribution in [1.29, 1.82) is 0 Å². The number of nitrogens with one attached hydrogen (secondary N) is 2. The Bertz CT molecular complexity index is 1590. The Morgan fingerprint density at radius 2 is 1.82 bits per heavy atom. The molecule has 2 amide bonds. The van der Waals surface area contributed by atoms with Gasteiger partial charge in [0.05, 0.1) is 28.4 Å². The van der Waals surface area contributed by atoms with Gasteiger partial charge in [0.2, 0.25) is 0 Å². The van der Waals surface area contributed by atoms with Gasteiger partial charge in [-0.05, 0) is 48.0 Å².